The molecule has 0 spiro atoms. The summed E-state index contributed by atoms with van der Waals surface area (Å²) in [7, 11) is 1.26. The summed E-state index contributed by atoms with van der Waals surface area (Å²) in [5.74, 6) is -2.35. The minimum absolute atomic E-state index is 0.0449. The van der Waals surface area contributed by atoms with E-state index in [1.54, 1.807) is 0 Å². The standard InChI is InChI=1S/C17H17N3O6/c1-25-13-6-8(5-10(16(13)22)20(23)24)14-9(7-18)17(19)26-12-4-2-3-11(21)15(12)14/h5-6,12,14-15,22H,2-4,19H2,1H3/t12-,14+,15+/m0/s1. The fraction of sp³-hybridized carbons (Fsp3) is 0.412. The predicted octanol–water partition coefficient (Wildman–Crippen LogP) is 1.85. The van der Waals surface area contributed by atoms with Crippen LogP contribution in [0.2, 0.25) is 0 Å². The van der Waals surface area contributed by atoms with Crippen LogP contribution in [0.5, 0.6) is 11.5 Å². The van der Waals surface area contributed by atoms with E-state index in [-0.39, 0.29) is 23.0 Å². The second-order valence-electron chi connectivity index (χ2n) is 6.26. The van der Waals surface area contributed by atoms with Crippen molar-refractivity contribution < 1.29 is 24.3 Å². The average molecular weight is 359 g/mol. The zero-order chi connectivity index (χ0) is 19.0. The quantitative estimate of drug-likeness (QED) is 0.613. The molecule has 0 radical (unpaired) electrons. The van der Waals surface area contributed by atoms with E-state index in [0.29, 0.717) is 24.8 Å². The lowest BCUT2D eigenvalue weighted by molar-refractivity contribution is -0.386. The first-order chi connectivity index (χ1) is 12.4. The van der Waals surface area contributed by atoms with Crippen LogP contribution >= 0.6 is 0 Å². The molecule has 1 aromatic carbocycles. The van der Waals surface area contributed by atoms with Crippen LogP contribution in [-0.2, 0) is 9.53 Å². The SMILES string of the molecule is COc1cc([C@@H]2C(C#N)=C(N)O[C@H]3CCCC(=O)[C@H]32)cc([N+](=O)[O-])c1O. The number of allylic oxidation sites excluding steroid dienone is 1. The van der Waals surface area contributed by atoms with Gasteiger partial charge < -0.3 is 20.3 Å². The molecule has 0 unspecified atom stereocenters. The smallest absolute Gasteiger partial charge is 0.314 e. The van der Waals surface area contributed by atoms with Crippen LogP contribution in [0.4, 0.5) is 5.69 Å². The minimum Gasteiger partial charge on any atom is -0.500 e. The number of aromatic hydroxyl groups is 1. The second-order valence-corrected chi connectivity index (χ2v) is 6.26. The molecule has 26 heavy (non-hydrogen) atoms. The molecule has 1 aliphatic heterocycles. The summed E-state index contributed by atoms with van der Waals surface area (Å²) in [4.78, 5) is 23.1. The summed E-state index contributed by atoms with van der Waals surface area (Å²) in [6.45, 7) is 0. The zero-order valence-corrected chi connectivity index (χ0v) is 14.0. The highest BCUT2D eigenvalue weighted by molar-refractivity contribution is 5.84. The Hall–Kier alpha value is -3.28. The highest BCUT2D eigenvalue weighted by Gasteiger charge is 2.46. The van der Waals surface area contributed by atoms with Gasteiger partial charge in [-0.15, -0.1) is 0 Å². The van der Waals surface area contributed by atoms with Gasteiger partial charge in [0.15, 0.2) is 11.6 Å². The molecule has 0 bridgehead atoms. The van der Waals surface area contributed by atoms with E-state index in [2.05, 4.69) is 0 Å². The number of Topliss-reactive ketones (excluding diaryl/α,β-unsaturated/α-hetero) is 1. The van der Waals surface area contributed by atoms with Gasteiger partial charge in [-0.3, -0.25) is 14.9 Å². The van der Waals surface area contributed by atoms with Crippen molar-refractivity contribution in [3.8, 4) is 17.6 Å². The van der Waals surface area contributed by atoms with Gasteiger partial charge in [0.1, 0.15) is 18.0 Å². The largest absolute Gasteiger partial charge is 0.500 e. The topological polar surface area (TPSA) is 149 Å². The molecule has 0 amide bonds. The number of fused-ring (bicyclic) bond motifs is 1. The zero-order valence-electron chi connectivity index (χ0n) is 14.0. The Morgan fingerprint density at radius 2 is 2.23 bits per heavy atom. The summed E-state index contributed by atoms with van der Waals surface area (Å²) >= 11 is 0. The number of ketones is 1. The summed E-state index contributed by atoms with van der Waals surface area (Å²) in [6.07, 6.45) is 1.11. The summed E-state index contributed by atoms with van der Waals surface area (Å²) in [5.41, 5.74) is 5.66. The van der Waals surface area contributed by atoms with Gasteiger partial charge >= 0.3 is 5.69 Å². The maximum Gasteiger partial charge on any atom is 0.314 e. The Balaban J connectivity index is 2.23. The first kappa shape index (κ1) is 17.5. The maximum atomic E-state index is 12.6. The van der Waals surface area contributed by atoms with Crippen LogP contribution in [0, 0.1) is 27.4 Å². The van der Waals surface area contributed by atoms with E-state index in [1.807, 2.05) is 6.07 Å². The Kier molecular flexibility index (Phi) is 4.42. The number of benzene rings is 1. The minimum atomic E-state index is -0.792. The Morgan fingerprint density at radius 3 is 2.85 bits per heavy atom. The maximum absolute atomic E-state index is 12.6. The van der Waals surface area contributed by atoms with E-state index in [4.69, 9.17) is 15.2 Å². The molecule has 1 aliphatic carbocycles. The van der Waals surface area contributed by atoms with Gasteiger partial charge in [0, 0.05) is 18.4 Å². The van der Waals surface area contributed by atoms with Gasteiger partial charge in [-0.1, -0.05) is 0 Å². The second kappa shape index (κ2) is 6.55. The lowest BCUT2D eigenvalue weighted by Gasteiger charge is -2.40. The number of nitrogens with two attached hydrogens (primary N) is 1. The summed E-state index contributed by atoms with van der Waals surface area (Å²) in [5, 5.41) is 30.8. The monoisotopic (exact) mass is 359 g/mol. The molecule has 1 aromatic rings. The number of rotatable bonds is 3. The molecule has 1 heterocycles. The summed E-state index contributed by atoms with van der Waals surface area (Å²) in [6, 6.07) is 4.50. The van der Waals surface area contributed by atoms with Crippen molar-refractivity contribution in [3.63, 3.8) is 0 Å². The lowest BCUT2D eigenvalue weighted by Crippen LogP contribution is -2.43. The molecule has 3 N–H and O–H groups in total. The van der Waals surface area contributed by atoms with Crippen LogP contribution in [0.15, 0.2) is 23.6 Å². The molecule has 9 nitrogen and oxygen atoms in total. The van der Waals surface area contributed by atoms with Crippen molar-refractivity contribution in [1.82, 2.24) is 0 Å². The third-order valence-corrected chi connectivity index (χ3v) is 4.87. The van der Waals surface area contributed by atoms with Crippen LogP contribution in [0.3, 0.4) is 0 Å². The fourth-order valence-electron chi connectivity index (χ4n) is 3.71. The molecule has 3 rings (SSSR count). The Morgan fingerprint density at radius 1 is 1.50 bits per heavy atom. The van der Waals surface area contributed by atoms with E-state index in [9.17, 15) is 25.3 Å². The Labute approximate surface area is 148 Å². The van der Waals surface area contributed by atoms with Crippen molar-refractivity contribution >= 4 is 11.5 Å². The van der Waals surface area contributed by atoms with E-state index >= 15 is 0 Å². The van der Waals surface area contributed by atoms with E-state index < -0.39 is 34.3 Å². The molecule has 9 heteroatoms. The van der Waals surface area contributed by atoms with Crippen molar-refractivity contribution in [2.24, 2.45) is 11.7 Å². The normalized spacial score (nSPS) is 25.1. The van der Waals surface area contributed by atoms with Gasteiger partial charge in [-0.2, -0.15) is 5.26 Å². The first-order valence-electron chi connectivity index (χ1n) is 8.03. The average Bonchev–Trinajstić information content (AvgIpc) is 2.60. The highest BCUT2D eigenvalue weighted by Crippen LogP contribution is 2.48. The number of carbonyl (C=O) groups excluding carboxylic acids is 1. The third-order valence-electron chi connectivity index (χ3n) is 4.87. The number of carbonyl (C=O) groups is 1. The van der Waals surface area contributed by atoms with Gasteiger partial charge in [-0.05, 0) is 24.5 Å². The number of nitriles is 1. The third kappa shape index (κ3) is 2.69. The number of nitrogens with zero attached hydrogens (tertiary/aromatic N) is 2. The van der Waals surface area contributed by atoms with Crippen molar-refractivity contribution in [2.45, 2.75) is 31.3 Å². The number of nitro benzene ring substituents is 1. The van der Waals surface area contributed by atoms with Crippen LogP contribution in [0.25, 0.3) is 0 Å². The number of ether oxygens (including phenoxy) is 2. The number of nitro groups is 1. The highest BCUT2D eigenvalue weighted by atomic mass is 16.6. The number of phenolic OH excluding ortho intramolecular Hbond substituents is 1. The summed E-state index contributed by atoms with van der Waals surface area (Å²) < 4.78 is 10.6. The van der Waals surface area contributed by atoms with Crippen molar-refractivity contribution in [2.75, 3.05) is 7.11 Å². The number of phenols is 1. The van der Waals surface area contributed by atoms with Crippen molar-refractivity contribution in [3.05, 3.63) is 39.3 Å². The first-order valence-corrected chi connectivity index (χ1v) is 8.03. The Bertz CT molecular complexity index is 857. The lowest BCUT2D eigenvalue weighted by atomic mass is 9.70. The van der Waals surface area contributed by atoms with Crippen LogP contribution < -0.4 is 10.5 Å². The molecule has 1 fully saturated rings. The van der Waals surface area contributed by atoms with Crippen LogP contribution in [-0.4, -0.2) is 29.0 Å². The van der Waals surface area contributed by atoms with Gasteiger partial charge in [0.2, 0.25) is 5.75 Å². The van der Waals surface area contributed by atoms with Gasteiger partial charge in [-0.25, -0.2) is 0 Å². The molecular weight excluding hydrogens is 342 g/mol. The molecule has 1 saturated carbocycles. The molecule has 0 aromatic heterocycles. The number of hydrogen-bond acceptors (Lipinski definition) is 8. The molecule has 2 aliphatic rings. The molecule has 0 saturated heterocycles. The van der Waals surface area contributed by atoms with Crippen molar-refractivity contribution in [1.29, 1.82) is 5.26 Å². The van der Waals surface area contributed by atoms with E-state index in [0.717, 1.165) is 6.07 Å². The molecule has 136 valence electrons. The predicted molar refractivity (Wildman–Crippen MR) is 88.1 cm³/mol. The van der Waals surface area contributed by atoms with Crippen LogP contribution in [0.1, 0.15) is 30.7 Å². The van der Waals surface area contributed by atoms with Gasteiger partial charge in [0.05, 0.1) is 23.5 Å². The van der Waals surface area contributed by atoms with Gasteiger partial charge in [0.25, 0.3) is 0 Å². The molecule has 3 atom stereocenters. The fourth-order valence-corrected chi connectivity index (χ4v) is 3.71. The molecular formula is C17H17N3O6. The van der Waals surface area contributed by atoms with E-state index in [1.165, 1.54) is 13.2 Å². The number of methoxy groups -OCH3 is 1. The number of hydrogen-bond donors (Lipinski definition) is 2.